The zero-order valence-corrected chi connectivity index (χ0v) is 18.1. The molecule has 0 N–H and O–H groups in total. The zero-order chi connectivity index (χ0) is 22.4. The first kappa shape index (κ1) is 19.8. The number of carbonyl (C=O) groups excluding carboxylic acids is 1. The molecule has 1 saturated heterocycles. The van der Waals surface area contributed by atoms with Crippen molar-refractivity contribution in [3.63, 3.8) is 0 Å². The minimum absolute atomic E-state index is 0.00106. The Morgan fingerprint density at radius 1 is 1.00 bits per heavy atom. The lowest BCUT2D eigenvalue weighted by Gasteiger charge is -2.33. The Hall–Kier alpha value is -3.91. The van der Waals surface area contributed by atoms with Crippen molar-refractivity contribution in [2.24, 2.45) is 0 Å². The topological polar surface area (TPSA) is 66.2 Å². The zero-order valence-electron chi connectivity index (χ0n) is 18.1. The average Bonchev–Trinajstić information content (AvgIpc) is 3.33. The van der Waals surface area contributed by atoms with Crippen LogP contribution < -0.4 is 0 Å². The molecule has 2 unspecified atom stereocenters. The van der Waals surface area contributed by atoms with Crippen LogP contribution in [0.3, 0.4) is 0 Å². The van der Waals surface area contributed by atoms with Gasteiger partial charge in [-0.3, -0.25) is 4.90 Å². The van der Waals surface area contributed by atoms with Crippen molar-refractivity contribution < 1.29 is 9.53 Å². The molecule has 2 aliphatic heterocycles. The Kier molecular flexibility index (Phi) is 4.73. The third-order valence-corrected chi connectivity index (χ3v) is 7.20. The number of rotatable bonds is 3. The average molecular weight is 434 g/mol. The number of nitriles is 1. The molecule has 3 heterocycles. The van der Waals surface area contributed by atoms with Crippen LogP contribution in [0.4, 0.5) is 4.79 Å². The van der Waals surface area contributed by atoms with E-state index in [1.165, 1.54) is 22.3 Å². The first-order valence-corrected chi connectivity index (χ1v) is 11.4. The number of carbonyl (C=O) groups is 1. The standard InChI is InChI=1S/C28H23N3O2/c29-16-27-21(10-5-13-30-27)18-14-19-11-12-20(15-18)31(19)28(32)33-17-26-24-8-3-1-6-22(24)23-7-2-4-9-25(23)26/h1-10,13-14,19-20,26H,11-12,15,17H2. The highest BCUT2D eigenvalue weighted by molar-refractivity contribution is 5.79. The SMILES string of the molecule is N#Cc1ncccc1C1=CC2CCC(C1)N2C(=O)OCC1c2ccccc2-c2ccccc21. The summed E-state index contributed by atoms with van der Waals surface area (Å²) in [6, 6.07) is 22.8. The van der Waals surface area contributed by atoms with Gasteiger partial charge in [0.2, 0.25) is 0 Å². The molecule has 162 valence electrons. The summed E-state index contributed by atoms with van der Waals surface area (Å²) in [4.78, 5) is 19.3. The highest BCUT2D eigenvalue weighted by atomic mass is 16.6. The van der Waals surface area contributed by atoms with E-state index < -0.39 is 0 Å². The van der Waals surface area contributed by atoms with Gasteiger partial charge < -0.3 is 4.74 Å². The van der Waals surface area contributed by atoms with E-state index in [4.69, 9.17) is 4.74 Å². The lowest BCUT2D eigenvalue weighted by Crippen LogP contribution is -2.43. The second-order valence-electron chi connectivity index (χ2n) is 8.92. The van der Waals surface area contributed by atoms with E-state index in [1.54, 1.807) is 6.20 Å². The predicted octanol–water partition coefficient (Wildman–Crippen LogP) is 5.52. The second-order valence-corrected chi connectivity index (χ2v) is 8.92. The third-order valence-electron chi connectivity index (χ3n) is 7.20. The summed E-state index contributed by atoms with van der Waals surface area (Å²) in [5.41, 5.74) is 7.32. The molecule has 6 rings (SSSR count). The summed E-state index contributed by atoms with van der Waals surface area (Å²) in [7, 11) is 0. The summed E-state index contributed by atoms with van der Waals surface area (Å²) in [5.74, 6) is 0.0588. The van der Waals surface area contributed by atoms with Gasteiger partial charge in [0.05, 0.1) is 6.04 Å². The number of aromatic nitrogens is 1. The lowest BCUT2D eigenvalue weighted by atomic mass is 9.94. The van der Waals surface area contributed by atoms with Crippen molar-refractivity contribution in [3.8, 4) is 17.2 Å². The highest BCUT2D eigenvalue weighted by Crippen LogP contribution is 2.45. The Labute approximate surface area is 192 Å². The number of benzene rings is 2. The molecule has 0 saturated carbocycles. The van der Waals surface area contributed by atoms with Gasteiger partial charge in [-0.1, -0.05) is 60.7 Å². The molecular formula is C28H23N3O2. The molecule has 2 bridgehead atoms. The molecule has 5 heteroatoms. The first-order chi connectivity index (χ1) is 16.2. The molecule has 1 aliphatic carbocycles. The van der Waals surface area contributed by atoms with Crippen LogP contribution in [-0.4, -0.2) is 34.7 Å². The monoisotopic (exact) mass is 433 g/mol. The molecule has 2 aromatic carbocycles. The quantitative estimate of drug-likeness (QED) is 0.545. The van der Waals surface area contributed by atoms with Gasteiger partial charge in [-0.25, -0.2) is 9.78 Å². The molecule has 1 amide bonds. The van der Waals surface area contributed by atoms with Crippen molar-refractivity contribution >= 4 is 11.7 Å². The number of ether oxygens (including phenoxy) is 1. The maximum absolute atomic E-state index is 13.2. The maximum Gasteiger partial charge on any atom is 0.410 e. The van der Waals surface area contributed by atoms with Crippen molar-refractivity contribution in [1.82, 2.24) is 9.88 Å². The minimum Gasteiger partial charge on any atom is -0.448 e. The second kappa shape index (κ2) is 7.90. The van der Waals surface area contributed by atoms with Gasteiger partial charge in [0, 0.05) is 23.7 Å². The third kappa shape index (κ3) is 3.22. The van der Waals surface area contributed by atoms with Crippen LogP contribution in [0.25, 0.3) is 16.7 Å². The molecule has 33 heavy (non-hydrogen) atoms. The van der Waals surface area contributed by atoms with Crippen LogP contribution in [0, 0.1) is 11.3 Å². The fraction of sp³-hybridized carbons (Fsp3) is 0.250. The van der Waals surface area contributed by atoms with Gasteiger partial charge in [0.1, 0.15) is 18.4 Å². The number of nitrogens with zero attached hydrogens (tertiary/aromatic N) is 3. The first-order valence-electron chi connectivity index (χ1n) is 11.4. The fourth-order valence-corrected chi connectivity index (χ4v) is 5.74. The molecule has 0 radical (unpaired) electrons. The van der Waals surface area contributed by atoms with E-state index in [-0.39, 0.29) is 24.1 Å². The summed E-state index contributed by atoms with van der Waals surface area (Å²) in [6.45, 7) is 0.334. The number of fused-ring (bicyclic) bond motifs is 5. The van der Waals surface area contributed by atoms with E-state index in [1.807, 2.05) is 29.2 Å². The van der Waals surface area contributed by atoms with Crippen molar-refractivity contribution in [3.05, 3.63) is 95.3 Å². The number of hydrogen-bond donors (Lipinski definition) is 0. The van der Waals surface area contributed by atoms with Gasteiger partial charge in [-0.05, 0) is 53.2 Å². The minimum atomic E-state index is -0.244. The van der Waals surface area contributed by atoms with E-state index in [2.05, 4.69) is 53.5 Å². The van der Waals surface area contributed by atoms with Crippen LogP contribution in [-0.2, 0) is 4.74 Å². The maximum atomic E-state index is 13.2. The van der Waals surface area contributed by atoms with Gasteiger partial charge in [-0.2, -0.15) is 5.26 Å². The van der Waals surface area contributed by atoms with E-state index in [0.29, 0.717) is 12.3 Å². The highest BCUT2D eigenvalue weighted by Gasteiger charge is 2.41. The van der Waals surface area contributed by atoms with Gasteiger partial charge in [0.15, 0.2) is 0 Å². The van der Waals surface area contributed by atoms with Crippen LogP contribution in [0.15, 0.2) is 72.9 Å². The summed E-state index contributed by atoms with van der Waals surface area (Å²) < 4.78 is 5.94. The Morgan fingerprint density at radius 2 is 1.70 bits per heavy atom. The summed E-state index contributed by atoms with van der Waals surface area (Å²) in [5, 5.41) is 9.43. The number of hydrogen-bond acceptors (Lipinski definition) is 4. The van der Waals surface area contributed by atoms with Gasteiger partial charge in [-0.15, -0.1) is 0 Å². The fourth-order valence-electron chi connectivity index (χ4n) is 5.74. The van der Waals surface area contributed by atoms with Gasteiger partial charge >= 0.3 is 6.09 Å². The van der Waals surface area contributed by atoms with Crippen LogP contribution >= 0.6 is 0 Å². The molecule has 5 nitrogen and oxygen atoms in total. The van der Waals surface area contributed by atoms with Crippen molar-refractivity contribution in [2.45, 2.75) is 37.3 Å². The molecule has 3 aliphatic rings. The summed E-state index contributed by atoms with van der Waals surface area (Å²) in [6.07, 6.45) is 6.11. The molecule has 0 spiro atoms. The molecule has 1 fully saturated rings. The summed E-state index contributed by atoms with van der Waals surface area (Å²) >= 11 is 0. The Bertz CT molecular complexity index is 1280. The molecule has 2 atom stereocenters. The molecule has 3 aromatic rings. The Balaban J connectivity index is 1.21. The van der Waals surface area contributed by atoms with Crippen LogP contribution in [0.2, 0.25) is 0 Å². The van der Waals surface area contributed by atoms with E-state index in [9.17, 15) is 10.1 Å². The van der Waals surface area contributed by atoms with E-state index in [0.717, 1.165) is 30.4 Å². The Morgan fingerprint density at radius 3 is 2.39 bits per heavy atom. The molecular weight excluding hydrogens is 410 g/mol. The smallest absolute Gasteiger partial charge is 0.410 e. The predicted molar refractivity (Wildman–Crippen MR) is 125 cm³/mol. The van der Waals surface area contributed by atoms with Crippen LogP contribution in [0.5, 0.6) is 0 Å². The van der Waals surface area contributed by atoms with Gasteiger partial charge in [0.25, 0.3) is 0 Å². The lowest BCUT2D eigenvalue weighted by molar-refractivity contribution is 0.0866. The van der Waals surface area contributed by atoms with Crippen molar-refractivity contribution in [1.29, 1.82) is 5.26 Å². The van der Waals surface area contributed by atoms with E-state index >= 15 is 0 Å². The van der Waals surface area contributed by atoms with Crippen LogP contribution in [0.1, 0.15) is 47.6 Å². The molecule has 1 aromatic heterocycles. The van der Waals surface area contributed by atoms with Crippen molar-refractivity contribution in [2.75, 3.05) is 6.61 Å². The largest absolute Gasteiger partial charge is 0.448 e. The number of pyridine rings is 1. The normalized spacial score (nSPS) is 20.6. The number of amides is 1.